The lowest BCUT2D eigenvalue weighted by Gasteiger charge is -2.44. The summed E-state index contributed by atoms with van der Waals surface area (Å²) in [6.07, 6.45) is 6.09. The topological polar surface area (TPSA) is 46.0 Å². The minimum Gasteiger partial charge on any atom is -0.378 e. The molecule has 3 aliphatic heterocycles. The highest BCUT2D eigenvalue weighted by Crippen LogP contribution is 2.54. The third-order valence-corrected chi connectivity index (χ3v) is 8.66. The van der Waals surface area contributed by atoms with Crippen LogP contribution in [0.2, 0.25) is 0 Å². The Kier molecular flexibility index (Phi) is 4.86. The van der Waals surface area contributed by atoms with Gasteiger partial charge in [0.2, 0.25) is 0 Å². The number of pyridine rings is 1. The summed E-state index contributed by atoms with van der Waals surface area (Å²) in [5, 5.41) is 8.60. The summed E-state index contributed by atoms with van der Waals surface area (Å²) in [6, 6.07) is 6.90. The lowest BCUT2D eigenvalue weighted by molar-refractivity contribution is -0.138. The van der Waals surface area contributed by atoms with Gasteiger partial charge < -0.3 is 10.2 Å². The van der Waals surface area contributed by atoms with Gasteiger partial charge in [0.05, 0.1) is 33.6 Å². The van der Waals surface area contributed by atoms with E-state index in [0.717, 1.165) is 40.2 Å². The number of halogens is 4. The maximum Gasteiger partial charge on any atom is 0.417 e. The molecule has 0 radical (unpaired) electrons. The van der Waals surface area contributed by atoms with Crippen molar-refractivity contribution in [1.29, 1.82) is 0 Å². The average molecular weight is 534 g/mol. The Morgan fingerprint density at radius 1 is 1.15 bits per heavy atom. The molecule has 1 N–H and O–H groups in total. The van der Waals surface area contributed by atoms with Crippen molar-refractivity contribution >= 4 is 11.4 Å². The molecule has 0 fully saturated rings. The van der Waals surface area contributed by atoms with E-state index in [9.17, 15) is 17.6 Å². The van der Waals surface area contributed by atoms with Crippen molar-refractivity contribution in [3.05, 3.63) is 99.9 Å². The number of allylic oxidation sites excluding steroid dienone is 2. The van der Waals surface area contributed by atoms with Gasteiger partial charge in [0.1, 0.15) is 0 Å². The Hall–Kier alpha value is -3.88. The number of rotatable bonds is 2. The normalized spacial score (nSPS) is 24.6. The number of aromatic nitrogens is 3. The van der Waals surface area contributed by atoms with E-state index in [1.807, 2.05) is 6.20 Å². The molecule has 1 aromatic carbocycles. The Morgan fingerprint density at radius 2 is 1.97 bits per heavy atom. The molecule has 7 rings (SSSR count). The minimum absolute atomic E-state index is 0.0718. The van der Waals surface area contributed by atoms with Crippen LogP contribution in [-0.4, -0.2) is 26.8 Å². The van der Waals surface area contributed by atoms with Gasteiger partial charge in [-0.2, -0.15) is 18.3 Å². The van der Waals surface area contributed by atoms with Crippen LogP contribution < -0.4 is 10.2 Å². The second-order valence-electron chi connectivity index (χ2n) is 11.1. The highest BCUT2D eigenvalue weighted by molar-refractivity contribution is 5.89. The molecule has 4 aliphatic rings. The summed E-state index contributed by atoms with van der Waals surface area (Å²) in [5.74, 6) is -1.05. The first kappa shape index (κ1) is 24.2. The molecule has 0 saturated carbocycles. The second kappa shape index (κ2) is 7.83. The third kappa shape index (κ3) is 3.31. The maximum absolute atomic E-state index is 15.0. The molecule has 0 bridgehead atoms. The Labute approximate surface area is 223 Å². The largest absolute Gasteiger partial charge is 0.417 e. The van der Waals surface area contributed by atoms with Gasteiger partial charge in [-0.15, -0.1) is 0 Å². The summed E-state index contributed by atoms with van der Waals surface area (Å²) >= 11 is 0. The van der Waals surface area contributed by atoms with Crippen LogP contribution in [0.3, 0.4) is 0 Å². The SMILES string of the molecule is CCc1cccc2c1-n1nc3c(c1C1(C)C=C4C=CNC4(C)C=C21)CN(c1ncc(C(F)(F)F)cc1F)CC3. The van der Waals surface area contributed by atoms with Gasteiger partial charge in [-0.1, -0.05) is 31.2 Å². The maximum atomic E-state index is 15.0. The zero-order valence-corrected chi connectivity index (χ0v) is 21.8. The fourth-order valence-corrected chi connectivity index (χ4v) is 6.68. The van der Waals surface area contributed by atoms with Crippen LogP contribution in [0, 0.1) is 5.82 Å². The summed E-state index contributed by atoms with van der Waals surface area (Å²) in [6.45, 7) is 7.21. The van der Waals surface area contributed by atoms with E-state index in [1.54, 1.807) is 4.90 Å². The molecule has 0 saturated heterocycles. The molecule has 200 valence electrons. The lowest BCUT2D eigenvalue weighted by Crippen LogP contribution is -2.43. The van der Waals surface area contributed by atoms with E-state index in [0.29, 0.717) is 31.8 Å². The minimum atomic E-state index is -4.65. The Bertz CT molecular complexity index is 1650. The van der Waals surface area contributed by atoms with Crippen LogP contribution in [0.1, 0.15) is 54.4 Å². The number of hydrogen-bond acceptors (Lipinski definition) is 4. The summed E-state index contributed by atoms with van der Waals surface area (Å²) in [7, 11) is 0. The fourth-order valence-electron chi connectivity index (χ4n) is 6.68. The number of nitrogens with one attached hydrogen (secondary N) is 1. The van der Waals surface area contributed by atoms with Gasteiger partial charge in [-0.3, -0.25) is 0 Å². The van der Waals surface area contributed by atoms with E-state index in [2.05, 4.69) is 72.2 Å². The van der Waals surface area contributed by atoms with E-state index in [4.69, 9.17) is 5.10 Å². The molecule has 5 heterocycles. The number of para-hydroxylation sites is 1. The number of anilines is 1. The molecule has 0 amide bonds. The van der Waals surface area contributed by atoms with Crippen molar-refractivity contribution in [1.82, 2.24) is 20.1 Å². The second-order valence-corrected chi connectivity index (χ2v) is 11.1. The number of hydrogen-bond donors (Lipinski definition) is 1. The lowest BCUT2D eigenvalue weighted by atomic mass is 9.64. The number of benzene rings is 1. The van der Waals surface area contributed by atoms with E-state index in [-0.39, 0.29) is 11.4 Å². The Morgan fingerprint density at radius 3 is 2.72 bits per heavy atom. The van der Waals surface area contributed by atoms with E-state index < -0.39 is 23.0 Å². The molecule has 1 aliphatic carbocycles. The van der Waals surface area contributed by atoms with E-state index >= 15 is 0 Å². The molecular formula is C30H27F4N5. The average Bonchev–Trinajstić information content (AvgIpc) is 3.46. The van der Waals surface area contributed by atoms with Crippen molar-refractivity contribution in [2.45, 2.75) is 57.3 Å². The highest BCUT2D eigenvalue weighted by Gasteiger charge is 2.48. The zero-order valence-electron chi connectivity index (χ0n) is 21.8. The van der Waals surface area contributed by atoms with Crippen molar-refractivity contribution in [3.63, 3.8) is 0 Å². The van der Waals surface area contributed by atoms with Crippen LogP contribution in [0.4, 0.5) is 23.4 Å². The standard InChI is InChI=1S/C30H27F4N5/c1-4-17-6-5-7-20-22-14-29(3)18(8-10-36-29)13-28(22,2)26-21-16-38(11-9-24(21)37-39(26)25(17)20)27-23(31)12-19(15-35-27)30(32,33)34/h5-8,10,12-15,36H,4,9,11,16H2,1-3H3. The highest BCUT2D eigenvalue weighted by atomic mass is 19.4. The van der Waals surface area contributed by atoms with Crippen molar-refractivity contribution < 1.29 is 17.6 Å². The number of fused-ring (bicyclic) bond motifs is 9. The van der Waals surface area contributed by atoms with Crippen molar-refractivity contribution in [2.75, 3.05) is 11.4 Å². The molecule has 0 spiro atoms. The monoisotopic (exact) mass is 533 g/mol. The third-order valence-electron chi connectivity index (χ3n) is 8.66. The molecular weight excluding hydrogens is 506 g/mol. The first-order chi connectivity index (χ1) is 18.5. The predicted octanol–water partition coefficient (Wildman–Crippen LogP) is 6.02. The summed E-state index contributed by atoms with van der Waals surface area (Å²) < 4.78 is 56.5. The van der Waals surface area contributed by atoms with Crippen LogP contribution in [0.15, 0.2) is 60.5 Å². The number of nitrogens with zero attached hydrogens (tertiary/aromatic N) is 4. The van der Waals surface area contributed by atoms with Crippen LogP contribution in [0.5, 0.6) is 0 Å². The van der Waals surface area contributed by atoms with Gasteiger partial charge in [0.15, 0.2) is 11.6 Å². The van der Waals surface area contributed by atoms with E-state index in [1.165, 1.54) is 11.1 Å². The van der Waals surface area contributed by atoms with Gasteiger partial charge in [0.25, 0.3) is 0 Å². The molecule has 2 unspecified atom stereocenters. The van der Waals surface area contributed by atoms with Crippen LogP contribution in [0.25, 0.3) is 11.3 Å². The summed E-state index contributed by atoms with van der Waals surface area (Å²) in [4.78, 5) is 5.64. The quantitative estimate of drug-likeness (QED) is 0.410. The summed E-state index contributed by atoms with van der Waals surface area (Å²) in [5.41, 5.74) is 6.72. The fraction of sp³-hybridized carbons (Fsp3) is 0.333. The molecule has 3 aromatic rings. The zero-order chi connectivity index (χ0) is 27.3. The van der Waals surface area contributed by atoms with Crippen molar-refractivity contribution in [3.8, 4) is 5.69 Å². The van der Waals surface area contributed by atoms with Crippen molar-refractivity contribution in [2.24, 2.45) is 0 Å². The van der Waals surface area contributed by atoms with Crippen LogP contribution in [-0.2, 0) is 31.0 Å². The molecule has 2 atom stereocenters. The molecule has 9 heteroatoms. The first-order valence-corrected chi connectivity index (χ1v) is 13.2. The van der Waals surface area contributed by atoms with Gasteiger partial charge in [-0.05, 0) is 61.4 Å². The molecule has 39 heavy (non-hydrogen) atoms. The smallest absolute Gasteiger partial charge is 0.378 e. The van der Waals surface area contributed by atoms with Gasteiger partial charge in [-0.25, -0.2) is 14.1 Å². The van der Waals surface area contributed by atoms with Gasteiger partial charge in [0, 0.05) is 36.8 Å². The van der Waals surface area contributed by atoms with Gasteiger partial charge >= 0.3 is 6.18 Å². The number of aryl methyl sites for hydroxylation is 1. The van der Waals surface area contributed by atoms with Crippen LogP contribution >= 0.6 is 0 Å². The molecule has 2 aromatic heterocycles. The Balaban J connectivity index is 1.41. The predicted molar refractivity (Wildman–Crippen MR) is 141 cm³/mol. The molecule has 5 nitrogen and oxygen atoms in total. The first-order valence-electron chi connectivity index (χ1n) is 13.2. The number of alkyl halides is 3.